The third kappa shape index (κ3) is 8.11. The summed E-state index contributed by atoms with van der Waals surface area (Å²) in [5.41, 5.74) is 1.82. The van der Waals surface area contributed by atoms with E-state index in [1.807, 2.05) is 40.5 Å². The predicted molar refractivity (Wildman–Crippen MR) is 142 cm³/mol. The van der Waals surface area contributed by atoms with E-state index in [4.69, 9.17) is 4.99 Å². The van der Waals surface area contributed by atoms with Gasteiger partial charge in [-0.1, -0.05) is 12.1 Å². The van der Waals surface area contributed by atoms with Crippen LogP contribution in [0.1, 0.15) is 58.8 Å². The molecular formula is C24H35IN4OS. The minimum absolute atomic E-state index is 0. The number of nitrogens with zero attached hydrogens (tertiary/aromatic N) is 2. The number of halogens is 1. The summed E-state index contributed by atoms with van der Waals surface area (Å²) in [6.45, 7) is 9.49. The van der Waals surface area contributed by atoms with Crippen LogP contribution in [0.3, 0.4) is 0 Å². The Morgan fingerprint density at radius 2 is 1.97 bits per heavy atom. The summed E-state index contributed by atoms with van der Waals surface area (Å²) >= 11 is 1.85. The molecule has 31 heavy (non-hydrogen) atoms. The van der Waals surface area contributed by atoms with Crippen LogP contribution < -0.4 is 10.6 Å². The molecule has 2 heterocycles. The lowest BCUT2D eigenvalue weighted by molar-refractivity contribution is 0.0724. The third-order valence-corrected chi connectivity index (χ3v) is 6.29. The molecule has 1 atom stereocenters. The molecule has 5 nitrogen and oxygen atoms in total. The van der Waals surface area contributed by atoms with Gasteiger partial charge in [-0.3, -0.25) is 4.79 Å². The van der Waals surface area contributed by atoms with Crippen LogP contribution in [0.25, 0.3) is 0 Å². The molecule has 1 aliphatic rings. The van der Waals surface area contributed by atoms with E-state index < -0.39 is 0 Å². The first kappa shape index (κ1) is 25.6. The number of hydrogen-bond donors (Lipinski definition) is 2. The second-order valence-corrected chi connectivity index (χ2v) is 9.38. The Hall–Kier alpha value is -1.61. The van der Waals surface area contributed by atoms with Gasteiger partial charge >= 0.3 is 0 Å². The summed E-state index contributed by atoms with van der Waals surface area (Å²) in [5, 5.41) is 6.84. The van der Waals surface area contributed by atoms with Crippen LogP contribution in [-0.2, 0) is 13.0 Å². The van der Waals surface area contributed by atoms with Crippen molar-refractivity contribution >= 4 is 47.2 Å². The monoisotopic (exact) mass is 554 g/mol. The molecule has 0 radical (unpaired) electrons. The predicted octanol–water partition coefficient (Wildman–Crippen LogP) is 4.99. The van der Waals surface area contributed by atoms with E-state index >= 15 is 0 Å². The minimum Gasteiger partial charge on any atom is -0.357 e. The zero-order chi connectivity index (χ0) is 21.3. The smallest absolute Gasteiger partial charge is 0.253 e. The standard InChI is InChI=1S/C24H34N4OS.HI/c1-4-25-24(27-18(2)15-22-12-11-19(3)30-22)26-17-20-9-8-10-21(16-20)23(29)28-13-6-5-7-14-28;/h8-12,16,18H,4-7,13-15,17H2,1-3H3,(H2,25,26,27);1H. The molecule has 1 aliphatic heterocycles. The average molecular weight is 555 g/mol. The molecule has 1 fully saturated rings. The highest BCUT2D eigenvalue weighted by Crippen LogP contribution is 2.17. The SMILES string of the molecule is CCNC(=NCc1cccc(C(=O)N2CCCCC2)c1)NC(C)Cc1ccc(C)s1.I. The lowest BCUT2D eigenvalue weighted by Crippen LogP contribution is -2.43. The van der Waals surface area contributed by atoms with Gasteiger partial charge in [-0.15, -0.1) is 35.3 Å². The van der Waals surface area contributed by atoms with Crippen molar-refractivity contribution in [1.29, 1.82) is 0 Å². The first-order valence-corrected chi connectivity index (χ1v) is 11.8. The van der Waals surface area contributed by atoms with E-state index in [0.717, 1.165) is 56.0 Å². The Morgan fingerprint density at radius 3 is 2.65 bits per heavy atom. The first-order chi connectivity index (χ1) is 14.5. The molecule has 0 saturated carbocycles. The van der Waals surface area contributed by atoms with Crippen molar-refractivity contribution < 1.29 is 4.79 Å². The molecule has 1 aromatic carbocycles. The number of carbonyl (C=O) groups excluding carboxylic acids is 1. The summed E-state index contributed by atoms with van der Waals surface area (Å²) in [6, 6.07) is 12.6. The van der Waals surface area contributed by atoms with Crippen LogP contribution in [0.2, 0.25) is 0 Å². The van der Waals surface area contributed by atoms with E-state index in [9.17, 15) is 4.79 Å². The summed E-state index contributed by atoms with van der Waals surface area (Å²) in [6.07, 6.45) is 4.42. The number of thiophene rings is 1. The molecule has 1 saturated heterocycles. The lowest BCUT2D eigenvalue weighted by atomic mass is 10.1. The first-order valence-electron chi connectivity index (χ1n) is 11.0. The number of aliphatic imine (C=N–C) groups is 1. The second-order valence-electron chi connectivity index (χ2n) is 8.01. The summed E-state index contributed by atoms with van der Waals surface area (Å²) in [4.78, 5) is 22.2. The minimum atomic E-state index is 0. The number of amides is 1. The molecule has 2 aromatic rings. The molecule has 0 aliphatic carbocycles. The van der Waals surface area contributed by atoms with Gasteiger partial charge in [0.2, 0.25) is 0 Å². The summed E-state index contributed by atoms with van der Waals surface area (Å²) in [5.74, 6) is 0.955. The quantitative estimate of drug-likeness (QED) is 0.288. The molecule has 170 valence electrons. The second kappa shape index (κ2) is 13.1. The molecule has 1 aromatic heterocycles. The Morgan fingerprint density at radius 1 is 1.19 bits per heavy atom. The van der Waals surface area contributed by atoms with Crippen LogP contribution in [0, 0.1) is 6.92 Å². The van der Waals surface area contributed by atoms with Gasteiger partial charge in [0.15, 0.2) is 5.96 Å². The summed E-state index contributed by atoms with van der Waals surface area (Å²) < 4.78 is 0. The Bertz CT molecular complexity index is 861. The van der Waals surface area contributed by atoms with Gasteiger partial charge in [0.25, 0.3) is 5.91 Å². The molecular weight excluding hydrogens is 519 g/mol. The third-order valence-electron chi connectivity index (χ3n) is 5.27. The van der Waals surface area contributed by atoms with Crippen molar-refractivity contribution in [3.05, 3.63) is 57.3 Å². The van der Waals surface area contributed by atoms with Crippen LogP contribution in [0.15, 0.2) is 41.4 Å². The van der Waals surface area contributed by atoms with E-state index in [1.54, 1.807) is 0 Å². The number of nitrogens with one attached hydrogen (secondary N) is 2. The van der Waals surface area contributed by atoms with Crippen LogP contribution in [0.4, 0.5) is 0 Å². The van der Waals surface area contributed by atoms with Gasteiger partial charge in [-0.2, -0.15) is 0 Å². The van der Waals surface area contributed by atoms with Crippen LogP contribution in [-0.4, -0.2) is 42.4 Å². The number of piperidine rings is 1. The fourth-order valence-corrected chi connectivity index (χ4v) is 4.77. The maximum Gasteiger partial charge on any atom is 0.253 e. The molecule has 3 rings (SSSR count). The van der Waals surface area contributed by atoms with Crippen molar-refractivity contribution in [2.24, 2.45) is 4.99 Å². The lowest BCUT2D eigenvalue weighted by Gasteiger charge is -2.26. The number of rotatable bonds is 7. The number of likely N-dealkylation sites (tertiary alicyclic amines) is 1. The van der Waals surface area contributed by atoms with Gasteiger partial charge < -0.3 is 15.5 Å². The molecule has 1 unspecified atom stereocenters. The molecule has 0 spiro atoms. The van der Waals surface area contributed by atoms with Crippen molar-refractivity contribution in [3.63, 3.8) is 0 Å². The molecule has 0 bridgehead atoms. The van der Waals surface area contributed by atoms with Crippen LogP contribution in [0.5, 0.6) is 0 Å². The Labute approximate surface area is 207 Å². The Balaban J connectivity index is 0.00000341. The average Bonchev–Trinajstić information content (AvgIpc) is 3.16. The molecule has 1 amide bonds. The number of benzene rings is 1. The Kier molecular flexibility index (Phi) is 10.8. The molecule has 7 heteroatoms. The van der Waals surface area contributed by atoms with Crippen molar-refractivity contribution in [2.75, 3.05) is 19.6 Å². The maximum absolute atomic E-state index is 12.8. The van der Waals surface area contributed by atoms with E-state index in [2.05, 4.69) is 43.5 Å². The van der Waals surface area contributed by atoms with E-state index in [0.29, 0.717) is 6.54 Å². The topological polar surface area (TPSA) is 56.7 Å². The maximum atomic E-state index is 12.8. The van der Waals surface area contributed by atoms with Crippen molar-refractivity contribution in [2.45, 2.75) is 59.0 Å². The fourth-order valence-electron chi connectivity index (χ4n) is 3.75. The fraction of sp³-hybridized carbons (Fsp3) is 0.500. The molecule has 2 N–H and O–H groups in total. The highest BCUT2D eigenvalue weighted by molar-refractivity contribution is 14.0. The van der Waals surface area contributed by atoms with Gasteiger partial charge in [0, 0.05) is 47.4 Å². The highest BCUT2D eigenvalue weighted by atomic mass is 127. The zero-order valence-electron chi connectivity index (χ0n) is 18.8. The van der Waals surface area contributed by atoms with Crippen molar-refractivity contribution in [3.8, 4) is 0 Å². The number of aryl methyl sites for hydroxylation is 1. The number of hydrogen-bond acceptors (Lipinski definition) is 3. The van der Waals surface area contributed by atoms with E-state index in [1.165, 1.54) is 16.2 Å². The largest absolute Gasteiger partial charge is 0.357 e. The normalized spacial score (nSPS) is 15.2. The highest BCUT2D eigenvalue weighted by Gasteiger charge is 2.18. The van der Waals surface area contributed by atoms with Gasteiger partial charge in [-0.05, 0) is 69.9 Å². The number of guanidine groups is 1. The van der Waals surface area contributed by atoms with Gasteiger partial charge in [-0.25, -0.2) is 4.99 Å². The van der Waals surface area contributed by atoms with Crippen molar-refractivity contribution in [1.82, 2.24) is 15.5 Å². The van der Waals surface area contributed by atoms with Crippen LogP contribution >= 0.6 is 35.3 Å². The van der Waals surface area contributed by atoms with Gasteiger partial charge in [0.05, 0.1) is 6.54 Å². The van der Waals surface area contributed by atoms with E-state index in [-0.39, 0.29) is 35.9 Å². The van der Waals surface area contributed by atoms with Gasteiger partial charge in [0.1, 0.15) is 0 Å². The number of carbonyl (C=O) groups is 1. The summed E-state index contributed by atoms with van der Waals surface area (Å²) in [7, 11) is 0. The zero-order valence-corrected chi connectivity index (χ0v) is 22.0.